The van der Waals surface area contributed by atoms with Crippen LogP contribution in [0.1, 0.15) is 16.8 Å². The molecule has 3 rings (SSSR count). The summed E-state index contributed by atoms with van der Waals surface area (Å²) in [4.78, 5) is 37.0. The highest BCUT2D eigenvalue weighted by molar-refractivity contribution is 6.23. The number of amides is 2. The molecule has 140 valence electrons. The molecule has 0 aromatic heterocycles. The summed E-state index contributed by atoms with van der Waals surface area (Å²) in [5.41, 5.74) is 0.945. The summed E-state index contributed by atoms with van der Waals surface area (Å²) in [7, 11) is 2.96. The molecule has 0 spiro atoms. The monoisotopic (exact) mass is 369 g/mol. The number of methoxy groups -OCH3 is 2. The molecule has 1 saturated heterocycles. The molecule has 0 unspecified atom stereocenters. The summed E-state index contributed by atoms with van der Waals surface area (Å²) >= 11 is 0. The Morgan fingerprint density at radius 1 is 1.07 bits per heavy atom. The number of carboxylic acids is 1. The third-order valence-corrected chi connectivity index (χ3v) is 4.23. The van der Waals surface area contributed by atoms with Gasteiger partial charge in [-0.05, 0) is 29.8 Å². The van der Waals surface area contributed by atoms with Gasteiger partial charge in [0.25, 0.3) is 5.91 Å². The second-order valence-electron chi connectivity index (χ2n) is 5.87. The molecule has 0 bridgehead atoms. The molecule has 1 heterocycles. The van der Waals surface area contributed by atoms with Crippen LogP contribution in [0.15, 0.2) is 42.5 Å². The molecular formula is C19H17N2O6-. The van der Waals surface area contributed by atoms with Crippen LogP contribution in [-0.2, 0) is 9.59 Å². The Morgan fingerprint density at radius 3 is 2.33 bits per heavy atom. The molecule has 1 fully saturated rings. The Morgan fingerprint density at radius 2 is 1.74 bits per heavy atom. The van der Waals surface area contributed by atoms with Crippen LogP contribution in [0.5, 0.6) is 11.5 Å². The first-order valence-electron chi connectivity index (χ1n) is 8.11. The van der Waals surface area contributed by atoms with Crippen LogP contribution >= 0.6 is 0 Å². The van der Waals surface area contributed by atoms with Crippen molar-refractivity contribution in [3.05, 3.63) is 48.0 Å². The van der Waals surface area contributed by atoms with Crippen molar-refractivity contribution in [2.75, 3.05) is 24.4 Å². The Bertz CT molecular complexity index is 894. The van der Waals surface area contributed by atoms with E-state index in [4.69, 9.17) is 9.47 Å². The molecule has 1 atom stereocenters. The number of hydrogen-bond donors (Lipinski definition) is 1. The first-order valence-corrected chi connectivity index (χ1v) is 8.11. The quantitative estimate of drug-likeness (QED) is 0.751. The van der Waals surface area contributed by atoms with Crippen molar-refractivity contribution < 1.29 is 29.0 Å². The van der Waals surface area contributed by atoms with Crippen LogP contribution in [0.4, 0.5) is 11.4 Å². The van der Waals surface area contributed by atoms with Gasteiger partial charge >= 0.3 is 0 Å². The van der Waals surface area contributed by atoms with Crippen LogP contribution in [0, 0.1) is 0 Å². The number of rotatable bonds is 6. The smallest absolute Gasteiger partial charge is 0.256 e. The highest BCUT2D eigenvalue weighted by atomic mass is 16.5. The molecule has 8 heteroatoms. The largest absolute Gasteiger partial charge is 0.545 e. The highest BCUT2D eigenvalue weighted by Crippen LogP contribution is 2.34. The molecule has 0 aliphatic carbocycles. The summed E-state index contributed by atoms with van der Waals surface area (Å²) in [6.07, 6.45) is -0.0184. The van der Waals surface area contributed by atoms with Gasteiger partial charge in [0.1, 0.15) is 6.04 Å². The maximum atomic E-state index is 12.7. The molecule has 0 saturated carbocycles. The average molecular weight is 369 g/mol. The summed E-state index contributed by atoms with van der Waals surface area (Å²) in [6, 6.07) is 9.80. The zero-order valence-corrected chi connectivity index (χ0v) is 14.7. The third-order valence-electron chi connectivity index (χ3n) is 4.23. The zero-order valence-electron chi connectivity index (χ0n) is 14.7. The number of imide groups is 1. The maximum absolute atomic E-state index is 12.7. The number of benzene rings is 2. The molecule has 27 heavy (non-hydrogen) atoms. The number of nitrogens with zero attached hydrogens (tertiary/aromatic N) is 1. The second-order valence-corrected chi connectivity index (χ2v) is 5.87. The van der Waals surface area contributed by atoms with Crippen molar-refractivity contribution in [3.63, 3.8) is 0 Å². The van der Waals surface area contributed by atoms with Crippen molar-refractivity contribution >= 4 is 29.2 Å². The topological polar surface area (TPSA) is 108 Å². The first kappa shape index (κ1) is 18.2. The molecule has 2 amide bonds. The number of hydrogen-bond acceptors (Lipinski definition) is 7. The van der Waals surface area contributed by atoms with Crippen LogP contribution < -0.4 is 24.8 Å². The molecule has 2 aromatic rings. The molecule has 1 aliphatic heterocycles. The number of aromatic carboxylic acids is 1. The fraction of sp³-hybridized carbons (Fsp3) is 0.211. The van der Waals surface area contributed by atoms with E-state index in [2.05, 4.69) is 5.32 Å². The van der Waals surface area contributed by atoms with E-state index >= 15 is 0 Å². The van der Waals surface area contributed by atoms with Crippen LogP contribution in [0.3, 0.4) is 0 Å². The van der Waals surface area contributed by atoms with Gasteiger partial charge in [-0.3, -0.25) is 9.59 Å². The van der Waals surface area contributed by atoms with Crippen molar-refractivity contribution in [2.24, 2.45) is 0 Å². The van der Waals surface area contributed by atoms with Crippen LogP contribution in [0.2, 0.25) is 0 Å². The van der Waals surface area contributed by atoms with E-state index in [1.165, 1.54) is 38.5 Å². The maximum Gasteiger partial charge on any atom is 0.256 e. The van der Waals surface area contributed by atoms with Crippen molar-refractivity contribution in [1.82, 2.24) is 0 Å². The van der Waals surface area contributed by atoms with Gasteiger partial charge in [0.2, 0.25) is 5.91 Å². The lowest BCUT2D eigenvalue weighted by Crippen LogP contribution is -2.34. The summed E-state index contributed by atoms with van der Waals surface area (Å²) in [5.74, 6) is -1.14. The summed E-state index contributed by atoms with van der Waals surface area (Å²) < 4.78 is 10.4. The van der Waals surface area contributed by atoms with Gasteiger partial charge in [-0.1, -0.05) is 12.1 Å². The van der Waals surface area contributed by atoms with E-state index in [0.29, 0.717) is 22.9 Å². The van der Waals surface area contributed by atoms with Crippen LogP contribution in [0.25, 0.3) is 0 Å². The minimum Gasteiger partial charge on any atom is -0.545 e. The molecule has 8 nitrogen and oxygen atoms in total. The summed E-state index contributed by atoms with van der Waals surface area (Å²) in [5, 5.41) is 13.8. The van der Waals surface area contributed by atoms with Gasteiger partial charge in [0.15, 0.2) is 11.5 Å². The second kappa shape index (κ2) is 7.36. The van der Waals surface area contributed by atoms with Crippen molar-refractivity contribution in [3.8, 4) is 11.5 Å². The van der Waals surface area contributed by atoms with E-state index in [0.717, 1.165) is 4.90 Å². The lowest BCUT2D eigenvalue weighted by molar-refractivity contribution is -0.255. The zero-order chi connectivity index (χ0) is 19.6. The lowest BCUT2D eigenvalue weighted by Gasteiger charge is -2.18. The summed E-state index contributed by atoms with van der Waals surface area (Å²) in [6.45, 7) is 0. The minimum absolute atomic E-state index is 0.0184. The van der Waals surface area contributed by atoms with Gasteiger partial charge in [-0.15, -0.1) is 0 Å². The van der Waals surface area contributed by atoms with Gasteiger partial charge < -0.3 is 24.7 Å². The lowest BCUT2D eigenvalue weighted by atomic mass is 10.2. The van der Waals surface area contributed by atoms with Gasteiger partial charge in [-0.25, -0.2) is 4.90 Å². The van der Waals surface area contributed by atoms with E-state index in [1.54, 1.807) is 18.2 Å². The fourth-order valence-corrected chi connectivity index (χ4v) is 2.88. The average Bonchev–Trinajstić information content (AvgIpc) is 2.94. The predicted molar refractivity (Wildman–Crippen MR) is 94.8 cm³/mol. The van der Waals surface area contributed by atoms with Crippen molar-refractivity contribution in [1.29, 1.82) is 0 Å². The number of carboxylic acid groups (broad SMARTS) is 1. The fourth-order valence-electron chi connectivity index (χ4n) is 2.88. The number of carbonyl (C=O) groups is 3. The number of nitrogens with one attached hydrogen (secondary N) is 1. The Kier molecular flexibility index (Phi) is 4.98. The van der Waals surface area contributed by atoms with Crippen LogP contribution in [-0.4, -0.2) is 38.0 Å². The van der Waals surface area contributed by atoms with E-state index < -0.39 is 17.9 Å². The standard InChI is InChI=1S/C19H18N2O6/c1-26-15-8-7-13(9-16(15)27-2)21-17(22)10-14(18(21)23)20-12-5-3-11(4-6-12)19(24)25/h3-9,14,20H,10H2,1-2H3,(H,24,25)/p-1/t14-/m0/s1. The number of carbonyl (C=O) groups excluding carboxylic acids is 3. The molecular weight excluding hydrogens is 352 g/mol. The Labute approximate surface area is 155 Å². The number of anilines is 2. The van der Waals surface area contributed by atoms with E-state index in [9.17, 15) is 19.5 Å². The molecule has 1 aliphatic rings. The SMILES string of the molecule is COc1ccc(N2C(=O)C[C@H](Nc3ccc(C(=O)[O-])cc3)C2=O)cc1OC. The van der Waals surface area contributed by atoms with Gasteiger partial charge in [0, 0.05) is 11.8 Å². The van der Waals surface area contributed by atoms with Gasteiger partial charge in [0.05, 0.1) is 32.3 Å². The normalized spacial score (nSPS) is 16.4. The van der Waals surface area contributed by atoms with Crippen molar-refractivity contribution in [2.45, 2.75) is 12.5 Å². The molecule has 0 radical (unpaired) electrons. The Hall–Kier alpha value is -3.55. The Balaban J connectivity index is 1.79. The van der Waals surface area contributed by atoms with E-state index in [-0.39, 0.29) is 17.9 Å². The number of ether oxygens (including phenoxy) is 2. The predicted octanol–water partition coefficient (Wildman–Crippen LogP) is 0.811. The molecule has 1 N–H and O–H groups in total. The van der Waals surface area contributed by atoms with Gasteiger partial charge in [-0.2, -0.15) is 0 Å². The van der Waals surface area contributed by atoms with E-state index in [1.807, 2.05) is 0 Å². The highest BCUT2D eigenvalue weighted by Gasteiger charge is 2.39. The first-order chi connectivity index (χ1) is 12.9. The third kappa shape index (κ3) is 3.55. The minimum atomic E-state index is -1.28. The molecule has 2 aromatic carbocycles.